The molecule has 1 aromatic heterocycles. The molecule has 0 aliphatic heterocycles. The number of hydrogen-bond acceptors (Lipinski definition) is 3. The Morgan fingerprint density at radius 1 is 1.19 bits per heavy atom. The second kappa shape index (κ2) is 4.99. The van der Waals surface area contributed by atoms with Gasteiger partial charge < -0.3 is 5.32 Å². The summed E-state index contributed by atoms with van der Waals surface area (Å²) in [5.74, 6) is 0.628. The summed E-state index contributed by atoms with van der Waals surface area (Å²) in [5.41, 5.74) is 0.860. The second-order valence-corrected chi connectivity index (χ2v) is 4.59. The first kappa shape index (κ1) is 11.6. The molecule has 0 spiro atoms. The minimum absolute atomic E-state index is 0.204. The van der Waals surface area contributed by atoms with Crippen molar-refractivity contribution in [3.63, 3.8) is 0 Å². The van der Waals surface area contributed by atoms with E-state index < -0.39 is 0 Å². The Bertz CT molecular complexity index is 519. The fourth-order valence-electron chi connectivity index (χ4n) is 1.13. The molecule has 82 valence electrons. The molecule has 0 unspecified atom stereocenters. The molecule has 1 aromatic carbocycles. The number of nitrogens with zero attached hydrogens (tertiary/aromatic N) is 2. The van der Waals surface area contributed by atoms with Crippen LogP contribution in [-0.4, -0.2) is 9.97 Å². The Morgan fingerprint density at radius 3 is 2.69 bits per heavy atom. The van der Waals surface area contributed by atoms with Crippen LogP contribution in [0.15, 0.2) is 34.9 Å². The van der Waals surface area contributed by atoms with Crippen molar-refractivity contribution in [2.45, 2.75) is 0 Å². The highest BCUT2D eigenvalue weighted by atomic mass is 79.9. The molecule has 1 heterocycles. The highest BCUT2D eigenvalue weighted by Crippen LogP contribution is 2.28. The zero-order valence-corrected chi connectivity index (χ0v) is 11.0. The van der Waals surface area contributed by atoms with Crippen molar-refractivity contribution >= 4 is 50.6 Å². The van der Waals surface area contributed by atoms with Crippen molar-refractivity contribution in [2.24, 2.45) is 0 Å². The number of anilines is 2. The number of aromatic nitrogens is 2. The normalized spacial score (nSPS) is 10.2. The molecule has 0 saturated heterocycles. The summed E-state index contributed by atoms with van der Waals surface area (Å²) in [4.78, 5) is 7.82. The van der Waals surface area contributed by atoms with E-state index in [0.717, 1.165) is 10.2 Å². The van der Waals surface area contributed by atoms with E-state index in [9.17, 15) is 0 Å². The fraction of sp³-hybridized carbons (Fsp3) is 0. The molecule has 16 heavy (non-hydrogen) atoms. The fourth-order valence-corrected chi connectivity index (χ4v) is 2.06. The lowest BCUT2D eigenvalue weighted by atomic mass is 10.3. The summed E-state index contributed by atoms with van der Waals surface area (Å²) in [7, 11) is 0. The van der Waals surface area contributed by atoms with Crippen molar-refractivity contribution in [2.75, 3.05) is 5.32 Å². The summed E-state index contributed by atoms with van der Waals surface area (Å²) in [6.07, 6.45) is 1.58. The van der Waals surface area contributed by atoms with E-state index in [1.54, 1.807) is 24.4 Å². The minimum Gasteiger partial charge on any atom is -0.339 e. The molecular weight excluding hydrogens is 313 g/mol. The molecular formula is C10H6BrCl2N3. The molecule has 0 saturated carbocycles. The van der Waals surface area contributed by atoms with Gasteiger partial charge in [-0.1, -0.05) is 11.6 Å². The zero-order chi connectivity index (χ0) is 11.5. The van der Waals surface area contributed by atoms with Crippen LogP contribution in [0.25, 0.3) is 0 Å². The first-order valence-corrected chi connectivity index (χ1v) is 5.90. The highest BCUT2D eigenvalue weighted by molar-refractivity contribution is 9.10. The van der Waals surface area contributed by atoms with Crippen molar-refractivity contribution in [3.05, 3.63) is 45.2 Å². The maximum absolute atomic E-state index is 5.84. The maximum Gasteiger partial charge on any atom is 0.224 e. The highest BCUT2D eigenvalue weighted by Gasteiger charge is 2.02. The lowest BCUT2D eigenvalue weighted by Crippen LogP contribution is -1.95. The quantitative estimate of drug-likeness (QED) is 0.839. The van der Waals surface area contributed by atoms with Crippen LogP contribution in [0.1, 0.15) is 0 Å². The molecule has 6 heteroatoms. The van der Waals surface area contributed by atoms with Gasteiger partial charge in [0.2, 0.25) is 5.28 Å². The lowest BCUT2D eigenvalue weighted by Gasteiger charge is -2.07. The molecule has 0 fully saturated rings. The Balaban J connectivity index is 2.27. The number of rotatable bonds is 2. The van der Waals surface area contributed by atoms with Gasteiger partial charge in [0.25, 0.3) is 0 Å². The molecule has 2 rings (SSSR count). The van der Waals surface area contributed by atoms with E-state index in [-0.39, 0.29) is 5.28 Å². The molecule has 0 atom stereocenters. The second-order valence-electron chi connectivity index (χ2n) is 2.96. The Kier molecular flexibility index (Phi) is 3.63. The number of halogens is 3. The van der Waals surface area contributed by atoms with Crippen molar-refractivity contribution in [1.29, 1.82) is 0 Å². The van der Waals surface area contributed by atoms with E-state index in [0.29, 0.717) is 10.8 Å². The third-order valence-corrected chi connectivity index (χ3v) is 2.89. The smallest absolute Gasteiger partial charge is 0.224 e. The standard InChI is InChI=1S/C10H6BrCl2N3/c11-7-5-6(12)1-2-8(7)15-9-3-4-14-10(13)16-9/h1-5H,(H,14,15,16). The lowest BCUT2D eigenvalue weighted by molar-refractivity contribution is 1.17. The average Bonchev–Trinajstić information content (AvgIpc) is 2.22. The van der Waals surface area contributed by atoms with Crippen LogP contribution in [0.2, 0.25) is 10.3 Å². The van der Waals surface area contributed by atoms with Gasteiger partial charge in [-0.15, -0.1) is 0 Å². The van der Waals surface area contributed by atoms with Gasteiger partial charge >= 0.3 is 0 Å². The van der Waals surface area contributed by atoms with Crippen LogP contribution in [-0.2, 0) is 0 Å². The predicted octanol–water partition coefficient (Wildman–Crippen LogP) is 4.29. The van der Waals surface area contributed by atoms with E-state index in [2.05, 4.69) is 31.2 Å². The van der Waals surface area contributed by atoms with Gasteiger partial charge in [0, 0.05) is 15.7 Å². The summed E-state index contributed by atoms with van der Waals surface area (Å²) in [5, 5.41) is 3.97. The Hall–Kier alpha value is -0.840. The van der Waals surface area contributed by atoms with Gasteiger partial charge in [0.05, 0.1) is 5.69 Å². The molecule has 3 nitrogen and oxygen atoms in total. The van der Waals surface area contributed by atoms with E-state index in [4.69, 9.17) is 23.2 Å². The van der Waals surface area contributed by atoms with Gasteiger partial charge in [-0.05, 0) is 51.8 Å². The number of nitrogens with one attached hydrogen (secondary N) is 1. The molecule has 0 amide bonds. The van der Waals surface area contributed by atoms with Gasteiger partial charge in [-0.3, -0.25) is 0 Å². The summed E-state index contributed by atoms with van der Waals surface area (Å²) >= 11 is 14.9. The molecule has 0 aliphatic rings. The number of benzene rings is 1. The molecule has 0 aliphatic carbocycles. The van der Waals surface area contributed by atoms with Crippen molar-refractivity contribution < 1.29 is 0 Å². The Morgan fingerprint density at radius 2 is 2.00 bits per heavy atom. The zero-order valence-electron chi connectivity index (χ0n) is 7.92. The van der Waals surface area contributed by atoms with Crippen molar-refractivity contribution in [1.82, 2.24) is 9.97 Å². The van der Waals surface area contributed by atoms with Gasteiger partial charge in [0.15, 0.2) is 0 Å². The van der Waals surface area contributed by atoms with Crippen LogP contribution >= 0.6 is 39.1 Å². The first-order chi connectivity index (χ1) is 7.65. The maximum atomic E-state index is 5.84. The summed E-state index contributed by atoms with van der Waals surface area (Å²) < 4.78 is 0.856. The molecule has 0 radical (unpaired) electrons. The van der Waals surface area contributed by atoms with Gasteiger partial charge in [-0.25, -0.2) is 9.97 Å². The van der Waals surface area contributed by atoms with Gasteiger partial charge in [-0.2, -0.15) is 0 Å². The molecule has 1 N–H and O–H groups in total. The SMILES string of the molecule is Clc1ccc(Nc2ccnc(Cl)n2)c(Br)c1. The third-order valence-electron chi connectivity index (χ3n) is 1.82. The molecule has 2 aromatic rings. The van der Waals surface area contributed by atoms with Crippen LogP contribution in [0.3, 0.4) is 0 Å². The van der Waals surface area contributed by atoms with Crippen molar-refractivity contribution in [3.8, 4) is 0 Å². The van der Waals surface area contributed by atoms with Crippen LogP contribution in [0.4, 0.5) is 11.5 Å². The summed E-state index contributed by atoms with van der Waals surface area (Å²) in [6.45, 7) is 0. The van der Waals surface area contributed by atoms with Crippen LogP contribution < -0.4 is 5.32 Å². The van der Waals surface area contributed by atoms with E-state index >= 15 is 0 Å². The van der Waals surface area contributed by atoms with Gasteiger partial charge in [0.1, 0.15) is 5.82 Å². The number of hydrogen-bond donors (Lipinski definition) is 1. The van der Waals surface area contributed by atoms with Crippen LogP contribution in [0.5, 0.6) is 0 Å². The van der Waals surface area contributed by atoms with E-state index in [1.807, 2.05) is 6.07 Å². The monoisotopic (exact) mass is 317 g/mol. The summed E-state index contributed by atoms with van der Waals surface area (Å²) in [6, 6.07) is 7.17. The third kappa shape index (κ3) is 2.84. The average molecular weight is 319 g/mol. The molecule has 0 bridgehead atoms. The van der Waals surface area contributed by atoms with Crippen LogP contribution in [0, 0.1) is 0 Å². The van der Waals surface area contributed by atoms with E-state index in [1.165, 1.54) is 0 Å². The topological polar surface area (TPSA) is 37.8 Å². The minimum atomic E-state index is 0.204. The Labute approximate surface area is 111 Å². The first-order valence-electron chi connectivity index (χ1n) is 4.36. The largest absolute Gasteiger partial charge is 0.339 e. The predicted molar refractivity (Wildman–Crippen MR) is 69.5 cm³/mol.